The van der Waals surface area contributed by atoms with Crippen LogP contribution in [0.15, 0.2) is 0 Å². The van der Waals surface area contributed by atoms with Crippen molar-refractivity contribution in [2.75, 3.05) is 114 Å². The highest BCUT2D eigenvalue weighted by Crippen LogP contribution is 2.45. The predicted molar refractivity (Wildman–Crippen MR) is 396 cm³/mol. The molecule has 4 aliphatic carbocycles. The molecule has 2 bridgehead atoms. The number of carbonyl (C=O) groups excluding carboxylic acids is 12. The molecule has 5 aliphatic heterocycles. The molecule has 3 unspecified atom stereocenters. The number of piperidine rings is 1. The minimum Gasteiger partial charge on any atom is -0.378 e. The second-order valence-corrected chi connectivity index (χ2v) is 33.4. The van der Waals surface area contributed by atoms with Crippen LogP contribution in [0.3, 0.4) is 0 Å². The SMILES string of the molecule is CCO[C@@H]1C[C@H]2C(=O)NC3(CCC3)C(=O)N(C)[C@@H](C3CCCC3)C(=O)N(C)[C@H](C(=O)N3CCOCC3)CC(=O)N(C)[C@@H](CC3CCCNC3)C(=O)N[C@@H]([C@@H](C)CC)C(=O)N(C)CC(=O)N(C)[C@H]3CCCCCN(C3=O)[C@@H](CC3CCC(F)CC3)C(=O)N(C)CC(=O)N[C@@H](CCC3CC(F)C(C(F)(F)F)C(F)C3)C(=O)N2C1. The zero-order valence-corrected chi connectivity index (χ0v) is 66.6. The number of morpholine rings is 1. The van der Waals surface area contributed by atoms with Crippen molar-refractivity contribution < 1.29 is 93.4 Å². The summed E-state index contributed by atoms with van der Waals surface area (Å²) in [5.41, 5.74) is -1.67. The van der Waals surface area contributed by atoms with E-state index in [1.807, 2.05) is 6.92 Å². The topological polar surface area (TPSA) is 301 Å². The molecule has 5 heterocycles. The molecule has 111 heavy (non-hydrogen) atoms. The molecule has 33 heteroatoms. The molecule has 626 valence electrons. The highest BCUT2D eigenvalue weighted by Gasteiger charge is 2.56. The number of carbonyl (C=O) groups is 12. The number of nitrogens with one attached hydrogen (secondary N) is 4. The van der Waals surface area contributed by atoms with E-state index in [-0.39, 0.29) is 116 Å². The minimum absolute atomic E-state index is 0.0328. The Labute approximate surface area is 649 Å². The minimum atomic E-state index is -5.19. The van der Waals surface area contributed by atoms with Gasteiger partial charge in [0.15, 0.2) is 0 Å². The van der Waals surface area contributed by atoms with Gasteiger partial charge >= 0.3 is 6.18 Å². The fourth-order valence-corrected chi connectivity index (χ4v) is 18.6. The molecule has 1 spiro atoms. The average molecular weight is 1580 g/mol. The number of likely N-dealkylation sites (N-methyl/N-ethyl adjacent to an activating group) is 6. The van der Waals surface area contributed by atoms with E-state index in [0.29, 0.717) is 83.6 Å². The molecular weight excluding hydrogens is 1460 g/mol. The van der Waals surface area contributed by atoms with Gasteiger partial charge in [0.2, 0.25) is 70.9 Å². The summed E-state index contributed by atoms with van der Waals surface area (Å²) in [4.78, 5) is 195. The summed E-state index contributed by atoms with van der Waals surface area (Å²) in [7, 11) is 8.44. The number of nitrogens with zero attached hydrogens (tertiary/aromatic N) is 9. The van der Waals surface area contributed by atoms with Crippen LogP contribution in [0.5, 0.6) is 0 Å². The highest BCUT2D eigenvalue weighted by molar-refractivity contribution is 6.01. The van der Waals surface area contributed by atoms with Crippen LogP contribution < -0.4 is 21.3 Å². The number of rotatable bonds is 13. The van der Waals surface area contributed by atoms with E-state index in [4.69, 9.17) is 9.47 Å². The fraction of sp³-hybridized carbons (Fsp3) is 0.846. The van der Waals surface area contributed by atoms with Crippen LogP contribution in [0.25, 0.3) is 0 Å². The normalized spacial score (nSPS) is 33.4. The van der Waals surface area contributed by atoms with E-state index < -0.39 is 218 Å². The van der Waals surface area contributed by atoms with Gasteiger partial charge in [-0.3, -0.25) is 57.5 Å². The zero-order chi connectivity index (χ0) is 80.9. The van der Waals surface area contributed by atoms with Crippen LogP contribution in [0, 0.1) is 35.5 Å². The van der Waals surface area contributed by atoms with Gasteiger partial charge in [0.1, 0.15) is 78.3 Å². The molecule has 27 nitrogen and oxygen atoms in total. The summed E-state index contributed by atoms with van der Waals surface area (Å²) in [5, 5.41) is 12.0. The maximum atomic E-state index is 15.8. The molecule has 0 radical (unpaired) electrons. The van der Waals surface area contributed by atoms with Gasteiger partial charge in [-0.15, -0.1) is 0 Å². The first-order valence-electron chi connectivity index (χ1n) is 40.9. The first-order valence-corrected chi connectivity index (χ1v) is 40.9. The number of fused-ring (bicyclic) bond motifs is 3. The summed E-state index contributed by atoms with van der Waals surface area (Å²) in [6.45, 7) is 5.65. The van der Waals surface area contributed by atoms with Crippen LogP contribution in [-0.4, -0.2) is 314 Å². The molecule has 12 amide bonds. The second-order valence-electron chi connectivity index (χ2n) is 33.4. The molecule has 9 aliphatic rings. The third-order valence-electron chi connectivity index (χ3n) is 25.8. The van der Waals surface area contributed by atoms with Crippen LogP contribution in [0.4, 0.5) is 26.3 Å². The van der Waals surface area contributed by atoms with Crippen molar-refractivity contribution in [3.8, 4) is 0 Å². The summed E-state index contributed by atoms with van der Waals surface area (Å²) in [6, 6.07) is -10.8. The van der Waals surface area contributed by atoms with Crippen molar-refractivity contribution >= 4 is 70.9 Å². The van der Waals surface area contributed by atoms with E-state index in [2.05, 4.69) is 21.3 Å². The molecule has 4 N–H and O–H groups in total. The number of hydrogen-bond acceptors (Lipinski definition) is 15. The van der Waals surface area contributed by atoms with Gasteiger partial charge in [-0.05, 0) is 172 Å². The van der Waals surface area contributed by atoms with Crippen molar-refractivity contribution in [2.24, 2.45) is 35.5 Å². The van der Waals surface area contributed by atoms with Gasteiger partial charge in [-0.2, -0.15) is 13.2 Å². The van der Waals surface area contributed by atoms with Crippen molar-refractivity contribution in [1.82, 2.24) is 65.4 Å². The Morgan fingerprint density at radius 3 is 1.86 bits per heavy atom. The smallest absolute Gasteiger partial charge is 0.378 e. The third-order valence-corrected chi connectivity index (χ3v) is 25.8. The summed E-state index contributed by atoms with van der Waals surface area (Å²) in [6.07, 6.45) is -7.53. The lowest BCUT2D eigenvalue weighted by Crippen LogP contribution is -2.68. The Balaban J connectivity index is 1.11. The number of halogens is 6. The van der Waals surface area contributed by atoms with E-state index >= 15 is 56.7 Å². The fourth-order valence-electron chi connectivity index (χ4n) is 18.6. The molecule has 4 saturated carbocycles. The van der Waals surface area contributed by atoms with E-state index in [1.165, 1.54) is 71.7 Å². The second kappa shape index (κ2) is 39.4. The summed E-state index contributed by atoms with van der Waals surface area (Å²) in [5.74, 6) is -13.9. The van der Waals surface area contributed by atoms with Gasteiger partial charge in [0, 0.05) is 81.5 Å². The molecule has 0 aromatic rings. The summed E-state index contributed by atoms with van der Waals surface area (Å²) < 4.78 is 99.6. The zero-order valence-electron chi connectivity index (χ0n) is 66.6. The number of hydrogen-bond donors (Lipinski definition) is 4. The van der Waals surface area contributed by atoms with E-state index in [1.54, 1.807) is 13.8 Å². The largest absolute Gasteiger partial charge is 0.397 e. The Morgan fingerprint density at radius 2 is 1.25 bits per heavy atom. The van der Waals surface area contributed by atoms with Crippen LogP contribution >= 0.6 is 0 Å². The number of ether oxygens (including phenoxy) is 2. The number of amides is 12. The number of alkyl halides is 6. The van der Waals surface area contributed by atoms with Crippen molar-refractivity contribution in [3.05, 3.63) is 0 Å². The monoisotopic (exact) mass is 1580 g/mol. The van der Waals surface area contributed by atoms with Gasteiger partial charge < -0.3 is 74.8 Å². The van der Waals surface area contributed by atoms with Gasteiger partial charge in [0.05, 0.1) is 38.8 Å². The molecule has 9 rings (SSSR count). The van der Waals surface area contributed by atoms with Gasteiger partial charge in [0.25, 0.3) is 0 Å². The average Bonchev–Trinajstić information content (AvgIpc) is 1.65. The third kappa shape index (κ3) is 21.6. The molecule has 13 atom stereocenters. The summed E-state index contributed by atoms with van der Waals surface area (Å²) >= 11 is 0. The van der Waals surface area contributed by atoms with Crippen LogP contribution in [-0.2, 0) is 67.0 Å². The predicted octanol–water partition coefficient (Wildman–Crippen LogP) is 4.85. The van der Waals surface area contributed by atoms with E-state index in [0.717, 1.165) is 27.7 Å². The molecule has 0 aromatic heterocycles. The lowest BCUT2D eigenvalue weighted by molar-refractivity contribution is -0.219. The standard InChI is InChI=1S/C78H123F6N13O14/c1-10-47(3)66-74(107)90(5)46-64(100)91(6)57-22-13-12-16-32-96(73(57)106)61(39-48-23-26-52(79)27-24-48)71(104)89(4)45-62(98)86-56(28-25-49-37-54(80)65(55(81)38-49)78(82,83)84)70(103)97-44-53(111-11-2)41-59(97)69(102)88-77(29-18-30-77)76(109)94(9)67(51-20-14-15-21-51)75(108)93(8)60(72(105)95-33-35-110-36-34-95)42-63(99)92(7)58(68(101)87-66)40-50-19-17-31-85-43-50/h47-61,65-67,85H,10-46H2,1-9H3,(H,86,98)(H,87,101)(H,88,102)/t47-,48?,49?,50?,52?,53+,54?,55?,56-,57-,58-,59-,60-,61-,65?,66-,67-/m0/s1. The van der Waals surface area contributed by atoms with Crippen LogP contribution in [0.2, 0.25) is 0 Å². The maximum absolute atomic E-state index is 15.8. The molecule has 9 fully saturated rings. The van der Waals surface area contributed by atoms with Crippen molar-refractivity contribution in [2.45, 2.75) is 272 Å². The lowest BCUT2D eigenvalue weighted by Gasteiger charge is -2.47. The Hall–Kier alpha value is -6.90. The molecule has 0 aromatic carbocycles. The Kier molecular flexibility index (Phi) is 31.3. The van der Waals surface area contributed by atoms with Crippen molar-refractivity contribution in [1.29, 1.82) is 0 Å². The molecular formula is C78H123F6N13O14. The Bertz CT molecular complexity index is 3250. The van der Waals surface area contributed by atoms with Gasteiger partial charge in [-0.1, -0.05) is 46.0 Å². The van der Waals surface area contributed by atoms with E-state index in [9.17, 15) is 27.2 Å². The molecule has 5 saturated heterocycles. The van der Waals surface area contributed by atoms with Crippen molar-refractivity contribution in [3.63, 3.8) is 0 Å². The maximum Gasteiger partial charge on any atom is 0.397 e. The van der Waals surface area contributed by atoms with Gasteiger partial charge in [-0.25, -0.2) is 13.2 Å². The lowest BCUT2D eigenvalue weighted by atomic mass is 9.74. The first-order chi connectivity index (χ1) is 52.7. The van der Waals surface area contributed by atoms with Crippen LogP contribution in [0.1, 0.15) is 188 Å². The Morgan fingerprint density at radius 1 is 0.604 bits per heavy atom. The highest BCUT2D eigenvalue weighted by atomic mass is 19.4. The quantitative estimate of drug-likeness (QED) is 0.179. The first kappa shape index (κ1) is 88.1.